The van der Waals surface area contributed by atoms with E-state index in [0.29, 0.717) is 6.54 Å². The lowest BCUT2D eigenvalue weighted by Gasteiger charge is -2.29. The summed E-state index contributed by atoms with van der Waals surface area (Å²) in [7, 11) is 1.30. The molecule has 3 aromatic carbocycles. The van der Waals surface area contributed by atoms with Crippen LogP contribution >= 0.6 is 0 Å². The zero-order valence-electron chi connectivity index (χ0n) is 38.3. The van der Waals surface area contributed by atoms with Crippen LogP contribution in [0.25, 0.3) is 50.7 Å². The van der Waals surface area contributed by atoms with Crippen LogP contribution in [-0.4, -0.2) is 78.5 Å². The van der Waals surface area contributed by atoms with Gasteiger partial charge in [-0.1, -0.05) is 109 Å². The van der Waals surface area contributed by atoms with Crippen LogP contribution in [0.3, 0.4) is 0 Å². The number of benzene rings is 3. The van der Waals surface area contributed by atoms with Gasteiger partial charge >= 0.3 is 6.09 Å². The van der Waals surface area contributed by atoms with Gasteiger partial charge in [0.2, 0.25) is 11.8 Å². The largest absolute Gasteiger partial charge is 0.453 e. The van der Waals surface area contributed by atoms with E-state index in [1.54, 1.807) is 6.42 Å². The minimum Gasteiger partial charge on any atom is -0.453 e. The molecular weight excluding hydrogens is 801 g/mol. The maximum Gasteiger partial charge on any atom is 0.407 e. The molecule has 0 unspecified atom stereocenters. The number of aromatic amines is 2. The van der Waals surface area contributed by atoms with E-state index in [1.165, 1.54) is 12.7 Å². The Morgan fingerprint density at radius 3 is 1.75 bits per heavy atom. The third-order valence-corrected chi connectivity index (χ3v) is 12.6. The van der Waals surface area contributed by atoms with Crippen LogP contribution in [0.5, 0.6) is 0 Å². The molecule has 333 valence electrons. The lowest BCUT2D eigenvalue weighted by molar-refractivity contribution is -0.135. The van der Waals surface area contributed by atoms with Crippen LogP contribution < -0.4 is 5.32 Å². The van der Waals surface area contributed by atoms with E-state index in [2.05, 4.69) is 126 Å². The molecule has 3 amide bonds. The summed E-state index contributed by atoms with van der Waals surface area (Å²) in [5.41, 5.74) is 10.2. The van der Waals surface area contributed by atoms with Crippen molar-refractivity contribution >= 4 is 17.9 Å². The van der Waals surface area contributed by atoms with Gasteiger partial charge in [0.05, 0.1) is 48.4 Å². The quantitative estimate of drug-likeness (QED) is 0.112. The number of hydrogen-bond acceptors (Lipinski definition) is 6. The number of methoxy groups -OCH3 is 1. The minimum absolute atomic E-state index is 0.0357. The third kappa shape index (κ3) is 9.14. The maximum absolute atomic E-state index is 13.7. The van der Waals surface area contributed by atoms with E-state index in [0.717, 1.165) is 94.6 Å². The average molecular weight is 862 g/mol. The molecule has 3 N–H and O–H groups in total. The SMILES string of the molecule is COC(=O)N[C@H](C(=O)N1CCC[C@H]1c1nc(-c2ccc(-c3ccc(-c4ccc(-c5c[nH]c([C@@H]6CCCN6C(=O)[CH]C(C)C)n5)cc4)n3-c3cccc(C(C)(C)C)c3)cc2)c[nH]1)C(C)C. The highest BCUT2D eigenvalue weighted by molar-refractivity contribution is 5.87. The Morgan fingerprint density at radius 2 is 1.25 bits per heavy atom. The summed E-state index contributed by atoms with van der Waals surface area (Å²) in [6.07, 6.45) is 8.52. The molecule has 2 saturated heterocycles. The number of nitrogens with one attached hydrogen (secondary N) is 3. The molecule has 2 aliphatic rings. The van der Waals surface area contributed by atoms with Crippen molar-refractivity contribution in [3.8, 4) is 50.7 Å². The van der Waals surface area contributed by atoms with Crippen LogP contribution in [0.15, 0.2) is 97.3 Å². The lowest BCUT2D eigenvalue weighted by atomic mass is 9.87. The summed E-state index contributed by atoms with van der Waals surface area (Å²) in [6.45, 7) is 15.9. The number of rotatable bonds is 12. The molecule has 0 saturated carbocycles. The number of carbonyl (C=O) groups excluding carboxylic acids is 3. The molecule has 64 heavy (non-hydrogen) atoms. The molecule has 12 heteroatoms. The summed E-state index contributed by atoms with van der Waals surface area (Å²) in [4.78, 5) is 59.3. The summed E-state index contributed by atoms with van der Waals surface area (Å²) >= 11 is 0. The first-order valence-electron chi connectivity index (χ1n) is 22.7. The van der Waals surface area contributed by atoms with Crippen molar-refractivity contribution in [2.75, 3.05) is 20.2 Å². The molecule has 0 aliphatic carbocycles. The van der Waals surface area contributed by atoms with Gasteiger partial charge in [0, 0.05) is 42.3 Å². The first-order valence-corrected chi connectivity index (χ1v) is 22.7. The molecule has 3 aromatic heterocycles. The van der Waals surface area contributed by atoms with Crippen LogP contribution in [0.1, 0.15) is 103 Å². The van der Waals surface area contributed by atoms with E-state index in [4.69, 9.17) is 14.7 Å². The Morgan fingerprint density at radius 1 is 0.734 bits per heavy atom. The fourth-order valence-corrected chi connectivity index (χ4v) is 9.10. The summed E-state index contributed by atoms with van der Waals surface area (Å²) in [6, 6.07) is 29.2. The lowest BCUT2D eigenvalue weighted by Crippen LogP contribution is -2.51. The highest BCUT2D eigenvalue weighted by Gasteiger charge is 2.38. The fraction of sp³-hybridized carbons (Fsp3) is 0.385. The number of alkyl carbamates (subject to hydrolysis) is 1. The summed E-state index contributed by atoms with van der Waals surface area (Å²) in [5.74, 6) is 1.59. The molecule has 3 atom stereocenters. The number of nitrogens with zero attached hydrogens (tertiary/aromatic N) is 5. The Kier molecular flexibility index (Phi) is 12.7. The Labute approximate surface area is 376 Å². The van der Waals surface area contributed by atoms with Crippen LogP contribution in [-0.2, 0) is 19.7 Å². The number of likely N-dealkylation sites (tertiary alicyclic amines) is 2. The van der Waals surface area contributed by atoms with Crippen molar-refractivity contribution in [1.29, 1.82) is 0 Å². The number of imidazole rings is 2. The second-order valence-corrected chi connectivity index (χ2v) is 18.9. The Bertz CT molecular complexity index is 2590. The van der Waals surface area contributed by atoms with Gasteiger partial charge in [-0.2, -0.15) is 0 Å². The second-order valence-electron chi connectivity index (χ2n) is 18.9. The topological polar surface area (TPSA) is 141 Å². The molecule has 5 heterocycles. The van der Waals surface area contributed by atoms with Crippen molar-refractivity contribution < 1.29 is 19.1 Å². The van der Waals surface area contributed by atoms with E-state index < -0.39 is 12.1 Å². The Balaban J connectivity index is 1.06. The highest BCUT2D eigenvalue weighted by atomic mass is 16.5. The monoisotopic (exact) mass is 861 g/mol. The van der Waals surface area contributed by atoms with E-state index >= 15 is 0 Å². The van der Waals surface area contributed by atoms with Gasteiger partial charge in [0.1, 0.15) is 17.7 Å². The van der Waals surface area contributed by atoms with E-state index in [1.807, 2.05) is 49.9 Å². The molecule has 12 nitrogen and oxygen atoms in total. The average Bonchev–Trinajstić information content (AvgIpc) is 4.14. The number of amides is 3. The Hall–Kier alpha value is -6.43. The van der Waals surface area contributed by atoms with Crippen molar-refractivity contribution in [3.63, 3.8) is 0 Å². The zero-order valence-corrected chi connectivity index (χ0v) is 38.3. The van der Waals surface area contributed by atoms with Gasteiger partial charge in [-0.3, -0.25) is 9.59 Å². The van der Waals surface area contributed by atoms with Crippen LogP contribution in [0.4, 0.5) is 4.79 Å². The van der Waals surface area contributed by atoms with E-state index in [-0.39, 0.29) is 41.1 Å². The molecule has 1 radical (unpaired) electrons. The van der Waals surface area contributed by atoms with Gasteiger partial charge < -0.3 is 34.4 Å². The predicted octanol–water partition coefficient (Wildman–Crippen LogP) is 10.5. The van der Waals surface area contributed by atoms with Gasteiger partial charge in [-0.25, -0.2) is 14.8 Å². The molecule has 8 rings (SSSR count). The summed E-state index contributed by atoms with van der Waals surface area (Å²) < 4.78 is 7.14. The van der Waals surface area contributed by atoms with Crippen molar-refractivity contribution in [2.24, 2.45) is 11.8 Å². The van der Waals surface area contributed by atoms with Crippen molar-refractivity contribution in [2.45, 2.75) is 97.7 Å². The number of aromatic nitrogens is 5. The molecule has 2 aliphatic heterocycles. The summed E-state index contributed by atoms with van der Waals surface area (Å²) in [5, 5.41) is 2.73. The van der Waals surface area contributed by atoms with Gasteiger partial charge in [-0.15, -0.1) is 0 Å². The molecule has 0 spiro atoms. The van der Waals surface area contributed by atoms with Crippen LogP contribution in [0, 0.1) is 18.3 Å². The predicted molar refractivity (Wildman–Crippen MR) is 251 cm³/mol. The second kappa shape index (κ2) is 18.3. The standard InChI is InChI=1S/C52H61N8O4/c1-32(2)28-46(61)58-26-10-14-44(58)48-53-30-40(55-48)34-16-20-36(21-17-34)42-24-25-43(60(42)39-13-9-12-38(29-39)52(5,6)7)37-22-18-35(19-23-37)41-31-54-49(56-41)45-15-11-27-59(45)50(62)47(33(3)4)57-51(63)64-8/h9,12-13,16-25,28-33,44-45,47H,10-11,14-15,26-27H2,1-8H3,(H,53,55)(H,54,56)(H,57,63)/t44-,45-,47-/m0/s1. The minimum atomic E-state index is -0.693. The van der Waals surface area contributed by atoms with E-state index in [9.17, 15) is 14.4 Å². The molecule has 6 aromatic rings. The number of H-pyrrole nitrogens is 2. The molecule has 0 bridgehead atoms. The first kappa shape index (κ1) is 44.2. The van der Waals surface area contributed by atoms with Crippen molar-refractivity contribution in [3.05, 3.63) is 121 Å². The molecular formula is C52H61N8O4. The van der Waals surface area contributed by atoms with Gasteiger partial charge in [0.15, 0.2) is 0 Å². The maximum atomic E-state index is 13.7. The van der Waals surface area contributed by atoms with Crippen molar-refractivity contribution in [1.82, 2.24) is 39.6 Å². The number of hydrogen-bond donors (Lipinski definition) is 3. The zero-order chi connectivity index (χ0) is 45.3. The van der Waals surface area contributed by atoms with Crippen LogP contribution in [0.2, 0.25) is 0 Å². The normalized spacial score (nSPS) is 17.1. The van der Waals surface area contributed by atoms with Gasteiger partial charge in [-0.05, 0) is 83.9 Å². The number of ether oxygens (including phenoxy) is 1. The molecule has 2 fully saturated rings. The highest BCUT2D eigenvalue weighted by Crippen LogP contribution is 2.38. The smallest absolute Gasteiger partial charge is 0.407 e. The first-order chi connectivity index (χ1) is 30.7. The fourth-order valence-electron chi connectivity index (χ4n) is 9.10. The van der Waals surface area contributed by atoms with Gasteiger partial charge in [0.25, 0.3) is 0 Å². The third-order valence-electron chi connectivity index (χ3n) is 12.6. The number of carbonyl (C=O) groups is 3.